The maximum Gasteiger partial charge on any atom is 0.339 e. The minimum absolute atomic E-state index is 0.213. The van der Waals surface area contributed by atoms with Gasteiger partial charge in [0.05, 0.1) is 17.1 Å². The monoisotopic (exact) mass is 395 g/mol. The van der Waals surface area contributed by atoms with E-state index in [4.69, 9.17) is 20.8 Å². The van der Waals surface area contributed by atoms with Crippen LogP contribution in [0.1, 0.15) is 40.7 Å². The molecule has 2 heterocycles. The molecule has 0 amide bonds. The molecule has 1 aromatic heterocycles. The van der Waals surface area contributed by atoms with E-state index in [2.05, 4.69) is 36.9 Å². The molecule has 0 N–H and O–H groups in total. The summed E-state index contributed by atoms with van der Waals surface area (Å²) in [6.07, 6.45) is 3.80. The van der Waals surface area contributed by atoms with E-state index in [1.54, 1.807) is 0 Å². The van der Waals surface area contributed by atoms with Crippen molar-refractivity contribution in [1.82, 2.24) is 0 Å². The highest BCUT2D eigenvalue weighted by Gasteiger charge is 2.27. The third-order valence-corrected chi connectivity index (χ3v) is 6.08. The van der Waals surface area contributed by atoms with Crippen LogP contribution in [-0.4, -0.2) is 6.73 Å². The molecule has 2 aromatic carbocycles. The minimum Gasteiger partial charge on any atom is -0.471 e. The van der Waals surface area contributed by atoms with Crippen LogP contribution in [0.25, 0.3) is 11.0 Å². The van der Waals surface area contributed by atoms with Gasteiger partial charge in [-0.3, -0.25) is 0 Å². The number of rotatable bonds is 1. The summed E-state index contributed by atoms with van der Waals surface area (Å²) < 4.78 is 11.8. The van der Waals surface area contributed by atoms with Crippen molar-refractivity contribution in [2.45, 2.75) is 46.1 Å². The maximum atomic E-state index is 12.6. The van der Waals surface area contributed by atoms with E-state index >= 15 is 0 Å². The number of benzene rings is 2. The smallest absolute Gasteiger partial charge is 0.339 e. The second-order valence-corrected chi connectivity index (χ2v) is 8.32. The summed E-state index contributed by atoms with van der Waals surface area (Å²) in [5.74, 6) is 0.633. The Labute approximate surface area is 168 Å². The second kappa shape index (κ2) is 6.56. The van der Waals surface area contributed by atoms with Crippen LogP contribution in [0, 0.1) is 13.8 Å². The first kappa shape index (κ1) is 17.6. The minimum atomic E-state index is -0.213. The van der Waals surface area contributed by atoms with E-state index in [0.29, 0.717) is 29.6 Å². The van der Waals surface area contributed by atoms with Crippen molar-refractivity contribution >= 4 is 28.3 Å². The van der Waals surface area contributed by atoms with Crippen LogP contribution < -0.4 is 15.3 Å². The molecule has 0 spiro atoms. The standard InChI is InChI=1S/C23H22ClNO3/c1-13-7-14(2)9-15(8-13)25-11-19-21-18(10-20(24)22(19)27-12-25)16-5-3-4-6-17(16)23(26)28-21/h7-10H,3-6,11-12H2,1-2H3. The van der Waals surface area contributed by atoms with Crippen molar-refractivity contribution in [3.05, 3.63) is 67.5 Å². The topological polar surface area (TPSA) is 42.7 Å². The van der Waals surface area contributed by atoms with Gasteiger partial charge in [-0.05, 0) is 74.4 Å². The predicted molar refractivity (Wildman–Crippen MR) is 112 cm³/mol. The van der Waals surface area contributed by atoms with Gasteiger partial charge in [0.15, 0.2) is 6.73 Å². The van der Waals surface area contributed by atoms with Crippen LogP contribution >= 0.6 is 11.6 Å². The third-order valence-electron chi connectivity index (χ3n) is 5.80. The molecule has 0 atom stereocenters. The highest BCUT2D eigenvalue weighted by Crippen LogP contribution is 2.41. The lowest BCUT2D eigenvalue weighted by Crippen LogP contribution is -2.32. The number of anilines is 1. The highest BCUT2D eigenvalue weighted by molar-refractivity contribution is 6.33. The zero-order valence-corrected chi connectivity index (χ0v) is 16.9. The van der Waals surface area contributed by atoms with E-state index in [1.807, 2.05) is 6.07 Å². The van der Waals surface area contributed by atoms with E-state index in [9.17, 15) is 4.79 Å². The number of hydrogen-bond acceptors (Lipinski definition) is 4. The molecule has 0 saturated heterocycles. The number of nitrogens with zero attached hydrogens (tertiary/aromatic N) is 1. The quantitative estimate of drug-likeness (QED) is 0.524. The van der Waals surface area contributed by atoms with Gasteiger partial charge in [0.25, 0.3) is 0 Å². The molecule has 4 nitrogen and oxygen atoms in total. The summed E-state index contributed by atoms with van der Waals surface area (Å²) in [5, 5.41) is 1.55. The SMILES string of the molecule is Cc1cc(C)cc(N2COc3c(Cl)cc4c5c(c(=O)oc4c3C2)CCCC5)c1. The lowest BCUT2D eigenvalue weighted by atomic mass is 9.90. The van der Waals surface area contributed by atoms with Crippen molar-refractivity contribution in [3.63, 3.8) is 0 Å². The first-order chi connectivity index (χ1) is 13.5. The highest BCUT2D eigenvalue weighted by atomic mass is 35.5. The van der Waals surface area contributed by atoms with Crippen LogP contribution in [-0.2, 0) is 19.4 Å². The molecule has 144 valence electrons. The fourth-order valence-corrected chi connectivity index (χ4v) is 4.85. The van der Waals surface area contributed by atoms with Gasteiger partial charge < -0.3 is 14.1 Å². The Morgan fingerprint density at radius 1 is 0.964 bits per heavy atom. The van der Waals surface area contributed by atoms with Crippen LogP contribution in [0.3, 0.4) is 0 Å². The molecule has 1 aliphatic heterocycles. The lowest BCUT2D eigenvalue weighted by Gasteiger charge is -2.32. The van der Waals surface area contributed by atoms with Gasteiger partial charge in [-0.25, -0.2) is 4.79 Å². The number of halogens is 1. The average Bonchev–Trinajstić information content (AvgIpc) is 2.68. The van der Waals surface area contributed by atoms with E-state index in [-0.39, 0.29) is 5.63 Å². The molecule has 5 rings (SSSR count). The summed E-state index contributed by atoms with van der Waals surface area (Å²) in [6.45, 7) is 5.19. The first-order valence-electron chi connectivity index (χ1n) is 9.77. The van der Waals surface area contributed by atoms with Gasteiger partial charge >= 0.3 is 5.63 Å². The Kier molecular flexibility index (Phi) is 4.13. The number of hydrogen-bond donors (Lipinski definition) is 0. The molecule has 2 aliphatic rings. The number of fused-ring (bicyclic) bond motifs is 5. The summed E-state index contributed by atoms with van der Waals surface area (Å²) in [6, 6.07) is 8.35. The van der Waals surface area contributed by atoms with Gasteiger partial charge in [-0.2, -0.15) is 0 Å². The fourth-order valence-electron chi connectivity index (χ4n) is 4.57. The predicted octanol–water partition coefficient (Wildman–Crippen LogP) is 5.30. The Balaban J connectivity index is 1.69. The molecule has 28 heavy (non-hydrogen) atoms. The van der Waals surface area contributed by atoms with Crippen molar-refractivity contribution in [2.75, 3.05) is 11.6 Å². The molecule has 0 fully saturated rings. The lowest BCUT2D eigenvalue weighted by molar-refractivity contribution is 0.289. The van der Waals surface area contributed by atoms with Crippen molar-refractivity contribution in [3.8, 4) is 5.75 Å². The van der Waals surface area contributed by atoms with Gasteiger partial charge in [0.2, 0.25) is 0 Å². The summed E-state index contributed by atoms with van der Waals surface area (Å²) in [4.78, 5) is 14.8. The molecule has 5 heteroatoms. The van der Waals surface area contributed by atoms with Gasteiger partial charge in [-0.1, -0.05) is 17.7 Å². The Bertz CT molecular complexity index is 1140. The van der Waals surface area contributed by atoms with Crippen LogP contribution in [0.4, 0.5) is 5.69 Å². The van der Waals surface area contributed by atoms with Gasteiger partial charge in [0, 0.05) is 16.6 Å². The first-order valence-corrected chi connectivity index (χ1v) is 10.1. The third kappa shape index (κ3) is 2.78. The van der Waals surface area contributed by atoms with Crippen LogP contribution in [0.5, 0.6) is 5.75 Å². The summed E-state index contributed by atoms with van der Waals surface area (Å²) in [5.41, 5.74) is 6.70. The van der Waals surface area contributed by atoms with Crippen LogP contribution in [0.2, 0.25) is 5.02 Å². The number of ether oxygens (including phenoxy) is 1. The Morgan fingerprint density at radius 3 is 2.43 bits per heavy atom. The van der Waals surface area contributed by atoms with Crippen molar-refractivity contribution in [1.29, 1.82) is 0 Å². The molecule has 0 saturated carbocycles. The van der Waals surface area contributed by atoms with Crippen LogP contribution in [0.15, 0.2) is 33.5 Å². The van der Waals surface area contributed by atoms with Gasteiger partial charge in [0.1, 0.15) is 11.3 Å². The molecule has 0 unspecified atom stereocenters. The maximum absolute atomic E-state index is 12.6. The number of aryl methyl sites for hydroxylation is 3. The molecular formula is C23H22ClNO3. The molecule has 1 aliphatic carbocycles. The van der Waals surface area contributed by atoms with E-state index < -0.39 is 0 Å². The van der Waals surface area contributed by atoms with Crippen molar-refractivity contribution in [2.24, 2.45) is 0 Å². The second-order valence-electron chi connectivity index (χ2n) is 7.91. The molecule has 0 bridgehead atoms. The van der Waals surface area contributed by atoms with Gasteiger partial charge in [-0.15, -0.1) is 0 Å². The molecule has 0 radical (unpaired) electrons. The largest absolute Gasteiger partial charge is 0.471 e. The fraction of sp³-hybridized carbons (Fsp3) is 0.348. The summed E-state index contributed by atoms with van der Waals surface area (Å²) in [7, 11) is 0. The average molecular weight is 396 g/mol. The molecular weight excluding hydrogens is 374 g/mol. The Morgan fingerprint density at radius 2 is 1.68 bits per heavy atom. The van der Waals surface area contributed by atoms with E-state index in [0.717, 1.165) is 53.4 Å². The van der Waals surface area contributed by atoms with Crippen molar-refractivity contribution < 1.29 is 9.15 Å². The zero-order chi connectivity index (χ0) is 19.4. The Hall–Kier alpha value is -2.46. The normalized spacial score (nSPS) is 15.9. The zero-order valence-electron chi connectivity index (χ0n) is 16.1. The van der Waals surface area contributed by atoms with E-state index in [1.165, 1.54) is 11.1 Å². The molecule has 3 aromatic rings. The summed E-state index contributed by atoms with van der Waals surface area (Å²) >= 11 is 6.58.